The first-order chi connectivity index (χ1) is 23.5. The van der Waals surface area contributed by atoms with Crippen molar-refractivity contribution in [2.45, 2.75) is 19.6 Å². The van der Waals surface area contributed by atoms with Crippen LogP contribution < -0.4 is 29.2 Å². The lowest BCUT2D eigenvalue weighted by atomic mass is 10.1. The molecule has 0 amide bonds. The number of aromatic nitrogens is 3. The maximum atomic E-state index is 6.52. The zero-order chi connectivity index (χ0) is 33.3. The summed E-state index contributed by atoms with van der Waals surface area (Å²) in [5.74, 6) is 4.79. The van der Waals surface area contributed by atoms with Gasteiger partial charge in [0.2, 0.25) is 11.9 Å². The van der Waals surface area contributed by atoms with Gasteiger partial charge < -0.3 is 29.2 Å². The number of para-hydroxylation sites is 1. The molecule has 1 heterocycles. The average molecular weight is 662 g/mol. The van der Waals surface area contributed by atoms with Crippen LogP contribution in [0.15, 0.2) is 121 Å². The van der Waals surface area contributed by atoms with Crippen LogP contribution in [0.5, 0.6) is 28.7 Å². The van der Waals surface area contributed by atoms with E-state index in [4.69, 9.17) is 40.6 Å². The summed E-state index contributed by atoms with van der Waals surface area (Å²) in [6.07, 6.45) is 0. The molecule has 0 saturated heterocycles. The number of hydrogen-bond acceptors (Lipinski definition) is 8. The van der Waals surface area contributed by atoms with Crippen LogP contribution in [0.3, 0.4) is 0 Å². The van der Waals surface area contributed by atoms with Gasteiger partial charge in [-0.3, -0.25) is 0 Å². The van der Waals surface area contributed by atoms with Gasteiger partial charge in [0.15, 0.2) is 0 Å². The number of anilines is 3. The zero-order valence-corrected chi connectivity index (χ0v) is 27.7. The Morgan fingerprint density at radius 2 is 1.17 bits per heavy atom. The summed E-state index contributed by atoms with van der Waals surface area (Å²) in [5.41, 5.74) is 3.92. The molecule has 0 aliphatic heterocycles. The largest absolute Gasteiger partial charge is 0.497 e. The molecule has 0 spiro atoms. The highest BCUT2D eigenvalue weighted by Crippen LogP contribution is 2.31. The van der Waals surface area contributed by atoms with Crippen molar-refractivity contribution in [3.05, 3.63) is 143 Å². The van der Waals surface area contributed by atoms with E-state index in [2.05, 4.69) is 34.5 Å². The number of nitrogens with zero attached hydrogens (tertiary/aromatic N) is 4. The van der Waals surface area contributed by atoms with Crippen molar-refractivity contribution in [3.63, 3.8) is 0 Å². The highest BCUT2D eigenvalue weighted by Gasteiger charge is 2.20. The summed E-state index contributed by atoms with van der Waals surface area (Å²) in [6, 6.07) is 39.0. The van der Waals surface area contributed by atoms with E-state index in [0.29, 0.717) is 53.7 Å². The molecular weight excluding hydrogens is 626 g/mol. The maximum absolute atomic E-state index is 6.52. The molecule has 10 heteroatoms. The fourth-order valence-corrected chi connectivity index (χ4v) is 5.40. The molecule has 244 valence electrons. The third kappa shape index (κ3) is 8.37. The minimum absolute atomic E-state index is 0.418. The SMILES string of the molecule is COc1ccc(CN(Cc2ccc(OC)cc2)c2nc(Nc3cc(Cl)cc(Oc4ccccc4)c3)nn2Cc2ccc(OC)cc2)cc1. The molecule has 6 rings (SSSR count). The first-order valence-corrected chi connectivity index (χ1v) is 15.7. The quantitative estimate of drug-likeness (QED) is 0.124. The fraction of sp³-hybridized carbons (Fsp3) is 0.158. The highest BCUT2D eigenvalue weighted by atomic mass is 35.5. The first-order valence-electron chi connectivity index (χ1n) is 15.4. The third-order valence-electron chi connectivity index (χ3n) is 7.60. The molecule has 0 saturated carbocycles. The molecule has 0 aliphatic carbocycles. The maximum Gasteiger partial charge on any atom is 0.248 e. The Bertz CT molecular complexity index is 1870. The summed E-state index contributed by atoms with van der Waals surface area (Å²) < 4.78 is 24.2. The Labute approximate surface area is 285 Å². The van der Waals surface area contributed by atoms with E-state index in [1.807, 2.05) is 95.7 Å². The summed E-state index contributed by atoms with van der Waals surface area (Å²) in [7, 11) is 4.99. The predicted octanol–water partition coefficient (Wildman–Crippen LogP) is 8.75. The summed E-state index contributed by atoms with van der Waals surface area (Å²) in [4.78, 5) is 7.25. The van der Waals surface area contributed by atoms with E-state index in [1.165, 1.54) is 0 Å². The molecule has 0 radical (unpaired) electrons. The van der Waals surface area contributed by atoms with Gasteiger partial charge in [0.25, 0.3) is 0 Å². The summed E-state index contributed by atoms with van der Waals surface area (Å²) in [5, 5.41) is 8.82. The van der Waals surface area contributed by atoms with Crippen molar-refractivity contribution < 1.29 is 18.9 Å². The molecular formula is C38H36ClN5O4. The number of halogens is 1. The number of rotatable bonds is 14. The van der Waals surface area contributed by atoms with Gasteiger partial charge in [-0.25, -0.2) is 4.68 Å². The van der Waals surface area contributed by atoms with Crippen molar-refractivity contribution in [1.29, 1.82) is 0 Å². The lowest BCUT2D eigenvalue weighted by molar-refractivity contribution is 0.414. The van der Waals surface area contributed by atoms with Crippen LogP contribution in [-0.4, -0.2) is 36.1 Å². The van der Waals surface area contributed by atoms with E-state index in [0.717, 1.165) is 33.9 Å². The molecule has 5 aromatic carbocycles. The number of methoxy groups -OCH3 is 3. The van der Waals surface area contributed by atoms with Crippen LogP contribution in [0.2, 0.25) is 5.02 Å². The van der Waals surface area contributed by atoms with Gasteiger partial charge in [-0.15, -0.1) is 5.10 Å². The number of ether oxygens (including phenoxy) is 4. The Morgan fingerprint density at radius 1 is 0.625 bits per heavy atom. The normalized spacial score (nSPS) is 10.8. The van der Waals surface area contributed by atoms with Gasteiger partial charge in [-0.1, -0.05) is 66.2 Å². The van der Waals surface area contributed by atoms with Gasteiger partial charge in [0.1, 0.15) is 28.7 Å². The van der Waals surface area contributed by atoms with Crippen LogP contribution in [0.1, 0.15) is 16.7 Å². The van der Waals surface area contributed by atoms with Gasteiger partial charge in [-0.05, 0) is 77.4 Å². The van der Waals surface area contributed by atoms with E-state index < -0.39 is 0 Å². The van der Waals surface area contributed by atoms with Crippen LogP contribution in [-0.2, 0) is 19.6 Å². The average Bonchev–Trinajstić information content (AvgIpc) is 3.50. The molecule has 9 nitrogen and oxygen atoms in total. The topological polar surface area (TPSA) is 82.9 Å². The molecule has 0 fully saturated rings. The second-order valence-corrected chi connectivity index (χ2v) is 11.4. The Balaban J connectivity index is 1.36. The number of nitrogens with one attached hydrogen (secondary N) is 1. The Kier molecular flexibility index (Phi) is 10.3. The van der Waals surface area contributed by atoms with Crippen LogP contribution in [0, 0.1) is 0 Å². The third-order valence-corrected chi connectivity index (χ3v) is 7.82. The summed E-state index contributed by atoms with van der Waals surface area (Å²) >= 11 is 6.52. The van der Waals surface area contributed by atoms with E-state index >= 15 is 0 Å². The van der Waals surface area contributed by atoms with Gasteiger partial charge in [-0.2, -0.15) is 4.98 Å². The van der Waals surface area contributed by atoms with Gasteiger partial charge >= 0.3 is 0 Å². The van der Waals surface area contributed by atoms with Crippen molar-refractivity contribution in [2.24, 2.45) is 0 Å². The number of benzene rings is 5. The van der Waals surface area contributed by atoms with Gasteiger partial charge in [0.05, 0.1) is 27.9 Å². The lowest BCUT2D eigenvalue weighted by Gasteiger charge is -2.24. The molecule has 0 unspecified atom stereocenters. The summed E-state index contributed by atoms with van der Waals surface area (Å²) in [6.45, 7) is 1.62. The molecule has 6 aromatic rings. The molecule has 48 heavy (non-hydrogen) atoms. The Morgan fingerprint density at radius 3 is 1.71 bits per heavy atom. The van der Waals surface area contributed by atoms with Crippen LogP contribution in [0.4, 0.5) is 17.6 Å². The second-order valence-electron chi connectivity index (χ2n) is 11.0. The molecule has 0 atom stereocenters. The minimum atomic E-state index is 0.418. The van der Waals surface area contributed by atoms with Gasteiger partial charge in [0, 0.05) is 29.9 Å². The molecule has 0 aliphatic rings. The van der Waals surface area contributed by atoms with Crippen LogP contribution in [0.25, 0.3) is 0 Å². The predicted molar refractivity (Wildman–Crippen MR) is 189 cm³/mol. The monoisotopic (exact) mass is 661 g/mol. The zero-order valence-electron chi connectivity index (χ0n) is 27.0. The molecule has 1 aromatic heterocycles. The van der Waals surface area contributed by atoms with Crippen molar-refractivity contribution >= 4 is 29.2 Å². The Hall–Kier alpha value is -5.67. The van der Waals surface area contributed by atoms with Crippen molar-refractivity contribution in [3.8, 4) is 28.7 Å². The second kappa shape index (κ2) is 15.3. The highest BCUT2D eigenvalue weighted by molar-refractivity contribution is 6.31. The minimum Gasteiger partial charge on any atom is -0.497 e. The van der Waals surface area contributed by atoms with Crippen molar-refractivity contribution in [1.82, 2.24) is 14.8 Å². The molecule has 0 bridgehead atoms. The first kappa shape index (κ1) is 32.3. The smallest absolute Gasteiger partial charge is 0.248 e. The molecule has 1 N–H and O–H groups in total. The standard InChI is InChI=1S/C38H36ClN5O4/c1-45-32-15-9-27(10-16-32)24-43(25-28-11-17-33(46-2)18-12-28)38-41-37(42-44(38)26-29-13-19-34(47-3)20-14-29)40-31-21-30(39)22-36(23-31)48-35-7-5-4-6-8-35/h4-23H,24-26H2,1-3H3,(H,40,42). The van der Waals surface area contributed by atoms with E-state index in [-0.39, 0.29) is 0 Å². The van der Waals surface area contributed by atoms with Crippen LogP contribution >= 0.6 is 11.6 Å². The van der Waals surface area contributed by atoms with Crippen molar-refractivity contribution in [2.75, 3.05) is 31.5 Å². The number of hydrogen-bond donors (Lipinski definition) is 1. The fourth-order valence-electron chi connectivity index (χ4n) is 5.18. The van der Waals surface area contributed by atoms with E-state index in [1.54, 1.807) is 27.4 Å². The van der Waals surface area contributed by atoms with E-state index in [9.17, 15) is 0 Å². The lowest BCUT2D eigenvalue weighted by Crippen LogP contribution is -2.26.